The summed E-state index contributed by atoms with van der Waals surface area (Å²) in [5, 5.41) is 0. The molecule has 0 radical (unpaired) electrons. The Labute approximate surface area is 93.3 Å². The molecule has 0 saturated heterocycles. The van der Waals surface area contributed by atoms with Crippen LogP contribution < -0.4 is 0 Å². The number of nitrogens with zero attached hydrogens (tertiary/aromatic N) is 3. The van der Waals surface area contributed by atoms with Gasteiger partial charge in [0.15, 0.2) is 0 Å². The summed E-state index contributed by atoms with van der Waals surface area (Å²) in [4.78, 5) is 4.05. The van der Waals surface area contributed by atoms with Crippen molar-refractivity contribution in [3.05, 3.63) is 18.7 Å². The number of quaternary nitrogens is 1. The lowest BCUT2D eigenvalue weighted by Crippen LogP contribution is -2.43. The molecule has 86 valence electrons. The van der Waals surface area contributed by atoms with Crippen LogP contribution in [0.3, 0.4) is 0 Å². The van der Waals surface area contributed by atoms with Crippen LogP contribution in [0.4, 0.5) is 0 Å². The molecule has 0 aliphatic heterocycles. The predicted molar refractivity (Wildman–Crippen MR) is 63.5 cm³/mol. The second-order valence-electron chi connectivity index (χ2n) is 5.37. The van der Waals surface area contributed by atoms with Crippen LogP contribution >= 0.6 is 0 Å². The number of hydrogen-bond acceptors (Lipinski definition) is 1. The molecule has 0 aromatic carbocycles. The Morgan fingerprint density at radius 1 is 1.27 bits per heavy atom. The van der Waals surface area contributed by atoms with Crippen LogP contribution in [-0.2, 0) is 6.54 Å². The number of aromatic nitrogens is 2. The zero-order chi connectivity index (χ0) is 11.3. The second-order valence-corrected chi connectivity index (χ2v) is 5.37. The largest absolute Gasteiger partial charge is 0.332 e. The first-order chi connectivity index (χ1) is 6.99. The van der Waals surface area contributed by atoms with Crippen LogP contribution in [-0.4, -0.2) is 41.2 Å². The highest BCUT2D eigenvalue weighted by Crippen LogP contribution is 2.06. The van der Waals surface area contributed by atoms with E-state index in [2.05, 4.69) is 37.5 Å². The van der Waals surface area contributed by atoms with E-state index in [-0.39, 0.29) is 0 Å². The van der Waals surface area contributed by atoms with Crippen LogP contribution in [0.1, 0.15) is 20.3 Å². The van der Waals surface area contributed by atoms with Gasteiger partial charge in [0.1, 0.15) is 0 Å². The molecule has 1 aromatic rings. The summed E-state index contributed by atoms with van der Waals surface area (Å²) in [6.45, 7) is 8.06. The Bertz CT molecular complexity index is 262. The van der Waals surface area contributed by atoms with E-state index in [9.17, 15) is 0 Å². The lowest BCUT2D eigenvalue weighted by Gasteiger charge is -2.30. The van der Waals surface area contributed by atoms with E-state index in [1.165, 1.54) is 19.5 Å². The van der Waals surface area contributed by atoms with Crippen molar-refractivity contribution in [2.45, 2.75) is 26.8 Å². The van der Waals surface area contributed by atoms with E-state index in [4.69, 9.17) is 0 Å². The molecule has 3 heteroatoms. The minimum Gasteiger partial charge on any atom is -0.332 e. The average molecular weight is 210 g/mol. The van der Waals surface area contributed by atoms with Crippen molar-refractivity contribution < 1.29 is 4.48 Å². The van der Waals surface area contributed by atoms with Crippen LogP contribution in [0.15, 0.2) is 18.7 Å². The molecule has 15 heavy (non-hydrogen) atoms. The smallest absolute Gasteiger partial charge is 0.0965 e. The van der Waals surface area contributed by atoms with E-state index in [0.717, 1.165) is 16.9 Å². The summed E-state index contributed by atoms with van der Waals surface area (Å²) in [6, 6.07) is 0. The second kappa shape index (κ2) is 5.31. The number of imidazole rings is 1. The highest BCUT2D eigenvalue weighted by atomic mass is 15.3. The summed E-state index contributed by atoms with van der Waals surface area (Å²) in [5.41, 5.74) is 0. The Balaban J connectivity index is 2.29. The highest BCUT2D eigenvalue weighted by molar-refractivity contribution is 4.73. The van der Waals surface area contributed by atoms with Crippen molar-refractivity contribution in [3.63, 3.8) is 0 Å². The van der Waals surface area contributed by atoms with Crippen molar-refractivity contribution >= 4 is 0 Å². The maximum Gasteiger partial charge on any atom is 0.0965 e. The van der Waals surface area contributed by atoms with Gasteiger partial charge < -0.3 is 9.05 Å². The molecular weight excluding hydrogens is 186 g/mol. The minimum absolute atomic E-state index is 0.802. The summed E-state index contributed by atoms with van der Waals surface area (Å²) in [6.07, 6.45) is 7.07. The number of hydrogen-bond donors (Lipinski definition) is 0. The first-order valence-electron chi connectivity index (χ1n) is 5.77. The molecule has 0 amide bonds. The van der Waals surface area contributed by atoms with Gasteiger partial charge in [-0.25, -0.2) is 4.98 Å². The molecule has 0 saturated carbocycles. The van der Waals surface area contributed by atoms with Gasteiger partial charge in [0.25, 0.3) is 0 Å². The summed E-state index contributed by atoms with van der Waals surface area (Å²) in [5.74, 6) is 0.802. The standard InChI is InChI=1S/C12H24N3/c1-12(2)5-9-15(3,4)10-8-14-7-6-13-11-14/h6-7,11-12H,5,8-10H2,1-4H3/q+1. The Morgan fingerprint density at radius 3 is 2.53 bits per heavy atom. The van der Waals surface area contributed by atoms with Gasteiger partial charge in [-0.3, -0.25) is 0 Å². The molecule has 3 nitrogen and oxygen atoms in total. The Morgan fingerprint density at radius 2 is 2.00 bits per heavy atom. The Kier molecular flexibility index (Phi) is 4.33. The molecule has 0 atom stereocenters. The van der Waals surface area contributed by atoms with Crippen LogP contribution in [0.2, 0.25) is 0 Å². The minimum atomic E-state index is 0.802. The van der Waals surface area contributed by atoms with E-state index in [1.54, 1.807) is 0 Å². The molecule has 1 rings (SSSR count). The maximum absolute atomic E-state index is 4.05. The van der Waals surface area contributed by atoms with Gasteiger partial charge in [-0.1, -0.05) is 13.8 Å². The lowest BCUT2D eigenvalue weighted by molar-refractivity contribution is -0.891. The third-order valence-electron chi connectivity index (χ3n) is 2.83. The van der Waals surface area contributed by atoms with Crippen molar-refractivity contribution in [2.75, 3.05) is 27.2 Å². The first-order valence-corrected chi connectivity index (χ1v) is 5.77. The van der Waals surface area contributed by atoms with Crippen molar-refractivity contribution in [3.8, 4) is 0 Å². The third kappa shape index (κ3) is 4.98. The molecule has 0 N–H and O–H groups in total. The average Bonchev–Trinajstić information content (AvgIpc) is 2.65. The zero-order valence-electron chi connectivity index (χ0n) is 10.5. The first kappa shape index (κ1) is 12.2. The van der Waals surface area contributed by atoms with E-state index < -0.39 is 0 Å². The summed E-state index contributed by atoms with van der Waals surface area (Å²) < 4.78 is 3.24. The van der Waals surface area contributed by atoms with Crippen molar-refractivity contribution in [1.82, 2.24) is 9.55 Å². The predicted octanol–water partition coefficient (Wildman–Crippen LogP) is 2.01. The Hall–Kier alpha value is -0.830. The van der Waals surface area contributed by atoms with Crippen molar-refractivity contribution in [1.29, 1.82) is 0 Å². The molecule has 1 aromatic heterocycles. The SMILES string of the molecule is CC(C)CC[N+](C)(C)CCn1ccnc1. The fourth-order valence-corrected chi connectivity index (χ4v) is 1.52. The molecule has 0 aliphatic rings. The summed E-state index contributed by atoms with van der Waals surface area (Å²) in [7, 11) is 4.61. The van der Waals surface area contributed by atoms with Gasteiger partial charge >= 0.3 is 0 Å². The molecule has 1 heterocycles. The van der Waals surface area contributed by atoms with E-state index in [0.29, 0.717) is 0 Å². The van der Waals surface area contributed by atoms with Gasteiger partial charge in [0.2, 0.25) is 0 Å². The molecule has 0 bridgehead atoms. The molecule has 0 unspecified atom stereocenters. The van der Waals surface area contributed by atoms with Gasteiger partial charge in [0, 0.05) is 12.4 Å². The third-order valence-corrected chi connectivity index (χ3v) is 2.83. The lowest BCUT2D eigenvalue weighted by atomic mass is 10.1. The fraction of sp³-hybridized carbons (Fsp3) is 0.750. The van der Waals surface area contributed by atoms with Crippen LogP contribution in [0.25, 0.3) is 0 Å². The summed E-state index contributed by atoms with van der Waals surface area (Å²) >= 11 is 0. The van der Waals surface area contributed by atoms with E-state index >= 15 is 0 Å². The fourth-order valence-electron chi connectivity index (χ4n) is 1.52. The van der Waals surface area contributed by atoms with Crippen molar-refractivity contribution in [2.24, 2.45) is 5.92 Å². The molecule has 0 spiro atoms. The van der Waals surface area contributed by atoms with Crippen LogP contribution in [0.5, 0.6) is 0 Å². The zero-order valence-corrected chi connectivity index (χ0v) is 10.5. The van der Waals surface area contributed by atoms with Crippen LogP contribution in [0, 0.1) is 5.92 Å². The van der Waals surface area contributed by atoms with Gasteiger partial charge in [0.05, 0.1) is 40.1 Å². The normalized spacial score (nSPS) is 12.3. The monoisotopic (exact) mass is 210 g/mol. The number of likely N-dealkylation sites (N-methyl/N-ethyl adjacent to an activating group) is 1. The molecule has 0 fully saturated rings. The molecular formula is C12H24N3+. The van der Waals surface area contributed by atoms with Gasteiger partial charge in [-0.2, -0.15) is 0 Å². The van der Waals surface area contributed by atoms with Gasteiger partial charge in [-0.15, -0.1) is 0 Å². The van der Waals surface area contributed by atoms with Gasteiger partial charge in [-0.05, 0) is 12.3 Å². The number of rotatable bonds is 6. The topological polar surface area (TPSA) is 17.8 Å². The van der Waals surface area contributed by atoms with E-state index in [1.807, 2.05) is 18.7 Å². The molecule has 0 aliphatic carbocycles. The highest BCUT2D eigenvalue weighted by Gasteiger charge is 2.14. The quantitative estimate of drug-likeness (QED) is 0.657. The maximum atomic E-state index is 4.05.